The summed E-state index contributed by atoms with van der Waals surface area (Å²) in [6.45, 7) is 4.96. The first kappa shape index (κ1) is 82.6. The molecule has 84 heavy (non-hydrogen) atoms. The van der Waals surface area contributed by atoms with Crippen LogP contribution in [0.3, 0.4) is 0 Å². The standard InChI is InChI=1S/C78H153NO5/c1-3-5-7-9-11-13-15-17-18-19-37-40-43-47-50-54-58-62-66-70-76(81)75(74-80)79-77(82)71-67-63-59-55-51-48-44-41-38-35-33-31-29-27-25-23-21-20-22-24-26-28-30-32-34-36-39-42-45-49-53-57-61-65-69-73-84-78(83)72-68-64-60-56-52-46-16-14-12-10-8-6-4-2/h66,70,75-76,80-81H,3-65,67-69,71-74H2,1-2H3,(H,79,82)/b70-66+. The lowest BCUT2D eigenvalue weighted by molar-refractivity contribution is -0.143. The lowest BCUT2D eigenvalue weighted by Gasteiger charge is -2.20. The van der Waals surface area contributed by atoms with Gasteiger partial charge in [-0.2, -0.15) is 0 Å². The fraction of sp³-hybridized carbons (Fsp3) is 0.949. The number of carbonyl (C=O) groups is 2. The number of aliphatic hydroxyl groups is 2. The third-order valence-electron chi connectivity index (χ3n) is 18.6. The lowest BCUT2D eigenvalue weighted by atomic mass is 10.0. The van der Waals surface area contributed by atoms with Crippen LogP contribution in [0.2, 0.25) is 0 Å². The molecule has 3 N–H and O–H groups in total. The number of nitrogens with one attached hydrogen (secondary N) is 1. The van der Waals surface area contributed by atoms with E-state index in [1.807, 2.05) is 6.08 Å². The Bertz CT molecular complexity index is 1270. The summed E-state index contributed by atoms with van der Waals surface area (Å²) in [5, 5.41) is 23.3. The zero-order valence-corrected chi connectivity index (χ0v) is 57.4. The van der Waals surface area contributed by atoms with Gasteiger partial charge in [0.25, 0.3) is 0 Å². The van der Waals surface area contributed by atoms with Crippen molar-refractivity contribution in [2.45, 2.75) is 463 Å². The Balaban J connectivity index is 3.32. The zero-order valence-electron chi connectivity index (χ0n) is 57.4. The van der Waals surface area contributed by atoms with Gasteiger partial charge in [0, 0.05) is 12.8 Å². The molecule has 2 atom stereocenters. The van der Waals surface area contributed by atoms with Crippen LogP contribution in [-0.2, 0) is 14.3 Å². The van der Waals surface area contributed by atoms with Crippen molar-refractivity contribution in [3.8, 4) is 0 Å². The summed E-state index contributed by atoms with van der Waals surface area (Å²) < 4.78 is 5.50. The predicted molar refractivity (Wildman–Crippen MR) is 370 cm³/mol. The van der Waals surface area contributed by atoms with Crippen molar-refractivity contribution in [1.29, 1.82) is 0 Å². The smallest absolute Gasteiger partial charge is 0.305 e. The Labute approximate surface area is 527 Å². The maximum atomic E-state index is 12.5. The van der Waals surface area contributed by atoms with Crippen molar-refractivity contribution in [3.63, 3.8) is 0 Å². The highest BCUT2D eigenvalue weighted by Crippen LogP contribution is 2.20. The Morgan fingerprint density at radius 1 is 0.321 bits per heavy atom. The van der Waals surface area contributed by atoms with Crippen LogP contribution < -0.4 is 5.32 Å². The number of carbonyl (C=O) groups excluding carboxylic acids is 2. The molecule has 2 unspecified atom stereocenters. The highest BCUT2D eigenvalue weighted by atomic mass is 16.5. The van der Waals surface area contributed by atoms with Gasteiger partial charge in [-0.05, 0) is 32.1 Å². The largest absolute Gasteiger partial charge is 0.466 e. The molecule has 0 saturated heterocycles. The first-order chi connectivity index (χ1) is 41.5. The number of unbranched alkanes of at least 4 members (excludes halogenated alkanes) is 63. The van der Waals surface area contributed by atoms with Gasteiger partial charge in [0.15, 0.2) is 0 Å². The summed E-state index contributed by atoms with van der Waals surface area (Å²) in [6.07, 6.45) is 93.4. The average Bonchev–Trinajstić information content (AvgIpc) is 3.53. The maximum Gasteiger partial charge on any atom is 0.305 e. The van der Waals surface area contributed by atoms with Gasteiger partial charge in [-0.1, -0.05) is 418 Å². The summed E-state index contributed by atoms with van der Waals surface area (Å²) in [6, 6.07) is -0.624. The second-order valence-corrected chi connectivity index (χ2v) is 27.1. The van der Waals surface area contributed by atoms with Crippen LogP contribution in [-0.4, -0.2) is 47.4 Å². The summed E-state index contributed by atoms with van der Waals surface area (Å²) in [7, 11) is 0. The maximum absolute atomic E-state index is 12.5. The van der Waals surface area contributed by atoms with Crippen LogP contribution in [0.5, 0.6) is 0 Å². The molecule has 1 amide bonds. The highest BCUT2D eigenvalue weighted by molar-refractivity contribution is 5.76. The Kier molecular flexibility index (Phi) is 72.8. The quantitative estimate of drug-likeness (QED) is 0.0320. The van der Waals surface area contributed by atoms with Crippen LogP contribution in [0.1, 0.15) is 450 Å². The summed E-state index contributed by atoms with van der Waals surface area (Å²) >= 11 is 0. The van der Waals surface area contributed by atoms with Gasteiger partial charge >= 0.3 is 5.97 Å². The molecule has 0 aromatic heterocycles. The van der Waals surface area contributed by atoms with E-state index in [1.165, 1.54) is 385 Å². The Morgan fingerprint density at radius 2 is 0.548 bits per heavy atom. The summed E-state index contributed by atoms with van der Waals surface area (Å²) in [4.78, 5) is 24.6. The van der Waals surface area contributed by atoms with Gasteiger partial charge in [-0.15, -0.1) is 0 Å². The van der Waals surface area contributed by atoms with Gasteiger partial charge in [-0.3, -0.25) is 9.59 Å². The second-order valence-electron chi connectivity index (χ2n) is 27.1. The van der Waals surface area contributed by atoms with Gasteiger partial charge < -0.3 is 20.3 Å². The number of hydrogen-bond donors (Lipinski definition) is 3. The van der Waals surface area contributed by atoms with Crippen LogP contribution in [0.15, 0.2) is 12.2 Å². The van der Waals surface area contributed by atoms with Crippen LogP contribution in [0, 0.1) is 0 Å². The molecular formula is C78H153NO5. The number of allylic oxidation sites excluding steroid dienone is 1. The monoisotopic (exact) mass is 1180 g/mol. The summed E-state index contributed by atoms with van der Waals surface area (Å²) in [5.41, 5.74) is 0. The fourth-order valence-corrected chi connectivity index (χ4v) is 12.6. The number of aliphatic hydroxyl groups excluding tert-OH is 2. The van der Waals surface area contributed by atoms with Gasteiger partial charge in [0.05, 0.1) is 25.4 Å². The topological polar surface area (TPSA) is 95.9 Å². The molecule has 0 bridgehead atoms. The van der Waals surface area contributed by atoms with Crippen molar-refractivity contribution < 1.29 is 24.5 Å². The van der Waals surface area contributed by atoms with Crippen LogP contribution >= 0.6 is 0 Å². The highest BCUT2D eigenvalue weighted by Gasteiger charge is 2.18. The molecule has 0 aliphatic heterocycles. The third-order valence-corrected chi connectivity index (χ3v) is 18.6. The Hall–Kier alpha value is -1.40. The van der Waals surface area contributed by atoms with Crippen LogP contribution in [0.4, 0.5) is 0 Å². The lowest BCUT2D eigenvalue weighted by Crippen LogP contribution is -2.45. The molecular weight excluding hydrogens is 1030 g/mol. The van der Waals surface area contributed by atoms with E-state index < -0.39 is 12.1 Å². The third kappa shape index (κ3) is 69.7. The number of ether oxygens (including phenoxy) is 1. The fourth-order valence-electron chi connectivity index (χ4n) is 12.6. The molecule has 0 aromatic carbocycles. The molecule has 0 aliphatic carbocycles. The van der Waals surface area contributed by atoms with Gasteiger partial charge in [-0.25, -0.2) is 0 Å². The normalized spacial score (nSPS) is 12.5. The molecule has 0 heterocycles. The van der Waals surface area contributed by atoms with E-state index in [9.17, 15) is 19.8 Å². The number of hydrogen-bond acceptors (Lipinski definition) is 5. The first-order valence-corrected chi connectivity index (χ1v) is 39.0. The molecule has 0 aliphatic rings. The minimum absolute atomic E-state index is 0.0250. The number of amides is 1. The second kappa shape index (κ2) is 74.1. The minimum atomic E-state index is -0.841. The molecule has 6 heteroatoms. The first-order valence-electron chi connectivity index (χ1n) is 39.0. The minimum Gasteiger partial charge on any atom is -0.466 e. The van der Waals surface area contributed by atoms with E-state index in [2.05, 4.69) is 19.2 Å². The predicted octanol–water partition coefficient (Wildman–Crippen LogP) is 25.5. The van der Waals surface area contributed by atoms with Crippen molar-refractivity contribution in [2.75, 3.05) is 13.2 Å². The molecule has 0 fully saturated rings. The van der Waals surface area contributed by atoms with Crippen molar-refractivity contribution in [2.24, 2.45) is 0 Å². The van der Waals surface area contributed by atoms with E-state index in [4.69, 9.17) is 4.74 Å². The summed E-state index contributed by atoms with van der Waals surface area (Å²) in [5.74, 6) is -0.0330. The number of rotatable bonds is 74. The van der Waals surface area contributed by atoms with E-state index >= 15 is 0 Å². The molecule has 0 aromatic rings. The van der Waals surface area contributed by atoms with Gasteiger partial charge in [0.1, 0.15) is 0 Å². The van der Waals surface area contributed by atoms with Crippen molar-refractivity contribution >= 4 is 11.9 Å². The van der Waals surface area contributed by atoms with E-state index in [1.54, 1.807) is 6.08 Å². The zero-order chi connectivity index (χ0) is 60.6. The molecule has 500 valence electrons. The van der Waals surface area contributed by atoms with E-state index in [-0.39, 0.29) is 18.5 Å². The molecule has 6 nitrogen and oxygen atoms in total. The van der Waals surface area contributed by atoms with Crippen LogP contribution in [0.25, 0.3) is 0 Å². The molecule has 0 saturated carbocycles. The molecule has 0 radical (unpaired) electrons. The Morgan fingerprint density at radius 3 is 0.810 bits per heavy atom. The van der Waals surface area contributed by atoms with E-state index in [0.29, 0.717) is 19.4 Å². The SMILES string of the molecule is CCCCCCCCCCCCCCCCCCC/C=C/C(O)C(CO)NC(=O)CCCCCCCCCCCCCCCCCCCCCCCCCCCCCCCCCCCCCOC(=O)CCCCCCCCCCCCCCC. The van der Waals surface area contributed by atoms with Crippen molar-refractivity contribution in [1.82, 2.24) is 5.32 Å². The number of esters is 1. The molecule has 0 rings (SSSR count). The van der Waals surface area contributed by atoms with Gasteiger partial charge in [0.2, 0.25) is 5.91 Å². The van der Waals surface area contributed by atoms with Crippen molar-refractivity contribution in [3.05, 3.63) is 12.2 Å². The molecule has 0 spiro atoms. The average molecular weight is 1190 g/mol. The van der Waals surface area contributed by atoms with E-state index in [0.717, 1.165) is 38.5 Å².